The number of rotatable bonds is 4. The van der Waals surface area contributed by atoms with E-state index >= 15 is 0 Å². The first-order valence-corrected chi connectivity index (χ1v) is 9.05. The fourth-order valence-corrected chi connectivity index (χ4v) is 3.71. The lowest BCUT2D eigenvalue weighted by atomic mass is 10.2. The molecule has 1 aromatic carbocycles. The van der Waals surface area contributed by atoms with Gasteiger partial charge >= 0.3 is 0 Å². The minimum atomic E-state index is -2.93. The van der Waals surface area contributed by atoms with Crippen molar-refractivity contribution < 1.29 is 8.42 Å². The van der Waals surface area contributed by atoms with Gasteiger partial charge in [-0.05, 0) is 24.6 Å². The summed E-state index contributed by atoms with van der Waals surface area (Å²) in [5.74, 6) is 0.371. The van der Waals surface area contributed by atoms with E-state index in [0.29, 0.717) is 0 Å². The van der Waals surface area contributed by atoms with E-state index in [9.17, 15) is 8.42 Å². The number of aryl methyl sites for hydroxylation is 1. The number of piperazine rings is 1. The van der Waals surface area contributed by atoms with Crippen molar-refractivity contribution in [3.8, 4) is 0 Å². The first kappa shape index (κ1) is 15.6. The van der Waals surface area contributed by atoms with E-state index in [1.165, 1.54) is 0 Å². The Hall–Kier alpha value is -0.780. The van der Waals surface area contributed by atoms with E-state index in [4.69, 9.17) is 11.6 Å². The predicted octanol–water partition coefficient (Wildman–Crippen LogP) is 2.16. The lowest BCUT2D eigenvalue weighted by Crippen LogP contribution is -2.48. The number of halogens is 1. The number of hydrogen-bond acceptors (Lipinski definition) is 4. The second kappa shape index (κ2) is 6.33. The zero-order valence-corrected chi connectivity index (χ0v) is 13.5. The molecule has 0 aliphatic carbocycles. The standard InChI is InChI=1S/C14H21ClN2O2S/c1-3-20(18,19)11-16-6-8-17(9-7-16)14-5-4-12(2)10-13(14)15/h4-5,10H,3,6-9,11H2,1-2H3. The number of benzene rings is 1. The second-order valence-corrected chi connectivity index (χ2v) is 7.95. The SMILES string of the molecule is CCS(=O)(=O)CN1CCN(c2ccc(C)cc2Cl)CC1. The molecule has 0 aromatic heterocycles. The molecular formula is C14H21ClN2O2S. The molecule has 1 fully saturated rings. The summed E-state index contributed by atoms with van der Waals surface area (Å²) in [6, 6.07) is 6.05. The molecule has 1 heterocycles. The monoisotopic (exact) mass is 316 g/mol. The Labute approximate surface area is 126 Å². The second-order valence-electron chi connectivity index (χ2n) is 5.22. The van der Waals surface area contributed by atoms with E-state index in [2.05, 4.69) is 11.0 Å². The third-order valence-corrected chi connectivity index (χ3v) is 5.58. The zero-order valence-electron chi connectivity index (χ0n) is 12.0. The Bertz CT molecular complexity index is 567. The summed E-state index contributed by atoms with van der Waals surface area (Å²) in [4.78, 5) is 4.22. The van der Waals surface area contributed by atoms with Crippen LogP contribution in [0, 0.1) is 6.92 Å². The van der Waals surface area contributed by atoms with E-state index in [1.54, 1.807) is 6.92 Å². The maximum absolute atomic E-state index is 11.6. The van der Waals surface area contributed by atoms with E-state index < -0.39 is 9.84 Å². The number of hydrogen-bond donors (Lipinski definition) is 0. The van der Waals surface area contributed by atoms with Gasteiger partial charge in [0.1, 0.15) is 5.88 Å². The Morgan fingerprint density at radius 2 is 1.85 bits per heavy atom. The third kappa shape index (κ3) is 3.87. The van der Waals surface area contributed by atoms with Gasteiger partial charge in [-0.1, -0.05) is 24.6 Å². The van der Waals surface area contributed by atoms with Crippen molar-refractivity contribution in [3.05, 3.63) is 28.8 Å². The van der Waals surface area contributed by atoms with Crippen molar-refractivity contribution in [1.29, 1.82) is 0 Å². The van der Waals surface area contributed by atoms with E-state index in [-0.39, 0.29) is 11.6 Å². The molecule has 0 radical (unpaired) electrons. The lowest BCUT2D eigenvalue weighted by Gasteiger charge is -2.36. The third-order valence-electron chi connectivity index (χ3n) is 3.64. The van der Waals surface area contributed by atoms with Gasteiger partial charge in [0.2, 0.25) is 0 Å². The highest BCUT2D eigenvalue weighted by Crippen LogP contribution is 2.27. The molecule has 0 amide bonds. The van der Waals surface area contributed by atoms with Crippen molar-refractivity contribution in [1.82, 2.24) is 4.90 Å². The quantitative estimate of drug-likeness (QED) is 0.853. The molecule has 0 unspecified atom stereocenters. The van der Waals surface area contributed by atoms with Gasteiger partial charge in [0.25, 0.3) is 0 Å². The van der Waals surface area contributed by atoms with Gasteiger partial charge in [-0.2, -0.15) is 0 Å². The topological polar surface area (TPSA) is 40.6 Å². The molecule has 20 heavy (non-hydrogen) atoms. The Kier molecular flexibility index (Phi) is 4.94. The molecule has 1 aliphatic heterocycles. The Balaban J connectivity index is 1.97. The van der Waals surface area contributed by atoms with Crippen LogP contribution in [0.3, 0.4) is 0 Å². The van der Waals surface area contributed by atoms with Crippen LogP contribution in [-0.4, -0.2) is 51.1 Å². The molecule has 0 N–H and O–H groups in total. The maximum Gasteiger partial charge on any atom is 0.163 e. The van der Waals surface area contributed by atoms with Crippen LogP contribution in [0.1, 0.15) is 12.5 Å². The highest BCUT2D eigenvalue weighted by molar-refractivity contribution is 7.91. The highest BCUT2D eigenvalue weighted by atomic mass is 35.5. The van der Waals surface area contributed by atoms with E-state index in [1.807, 2.05) is 24.0 Å². The van der Waals surface area contributed by atoms with Gasteiger partial charge in [-0.25, -0.2) is 8.42 Å². The molecule has 1 saturated heterocycles. The van der Waals surface area contributed by atoms with Crippen LogP contribution in [0.2, 0.25) is 5.02 Å². The van der Waals surface area contributed by atoms with Crippen LogP contribution in [0.25, 0.3) is 0 Å². The van der Waals surface area contributed by atoms with Crippen LogP contribution >= 0.6 is 11.6 Å². The van der Waals surface area contributed by atoms with Crippen LogP contribution in [0.15, 0.2) is 18.2 Å². The fourth-order valence-electron chi connectivity index (χ4n) is 2.36. The van der Waals surface area contributed by atoms with Crippen molar-refractivity contribution in [3.63, 3.8) is 0 Å². The average Bonchev–Trinajstić information content (AvgIpc) is 2.40. The minimum Gasteiger partial charge on any atom is -0.368 e. The van der Waals surface area contributed by atoms with Gasteiger partial charge in [-0.15, -0.1) is 0 Å². The van der Waals surface area contributed by atoms with Crippen LogP contribution in [0.5, 0.6) is 0 Å². The van der Waals surface area contributed by atoms with Crippen molar-refractivity contribution in [2.75, 3.05) is 42.7 Å². The predicted molar refractivity (Wildman–Crippen MR) is 84.3 cm³/mol. The molecule has 6 heteroatoms. The maximum atomic E-state index is 11.6. The largest absolute Gasteiger partial charge is 0.368 e. The van der Waals surface area contributed by atoms with Crippen molar-refractivity contribution >= 4 is 27.1 Å². The summed E-state index contributed by atoms with van der Waals surface area (Å²) >= 11 is 6.28. The van der Waals surface area contributed by atoms with Gasteiger partial charge in [0.15, 0.2) is 9.84 Å². The summed E-state index contributed by atoms with van der Waals surface area (Å²) in [6.45, 7) is 6.83. The minimum absolute atomic E-state index is 0.166. The summed E-state index contributed by atoms with van der Waals surface area (Å²) in [7, 11) is -2.93. The molecule has 0 atom stereocenters. The number of nitrogens with zero attached hydrogens (tertiary/aromatic N) is 2. The van der Waals surface area contributed by atoms with Crippen LogP contribution in [0.4, 0.5) is 5.69 Å². The molecule has 1 aliphatic rings. The summed E-state index contributed by atoms with van der Waals surface area (Å²) in [6.07, 6.45) is 0. The molecule has 0 saturated carbocycles. The van der Waals surface area contributed by atoms with E-state index in [0.717, 1.165) is 42.5 Å². The number of sulfone groups is 1. The molecule has 0 bridgehead atoms. The van der Waals surface area contributed by atoms with Crippen molar-refractivity contribution in [2.45, 2.75) is 13.8 Å². The van der Waals surface area contributed by atoms with Crippen molar-refractivity contribution in [2.24, 2.45) is 0 Å². The van der Waals surface area contributed by atoms with Gasteiger partial charge in [0, 0.05) is 31.9 Å². The number of anilines is 1. The summed E-state index contributed by atoms with van der Waals surface area (Å²) < 4.78 is 23.3. The lowest BCUT2D eigenvalue weighted by molar-refractivity contribution is 0.294. The fraction of sp³-hybridized carbons (Fsp3) is 0.571. The smallest absolute Gasteiger partial charge is 0.163 e. The summed E-state index contributed by atoms with van der Waals surface area (Å²) in [5.41, 5.74) is 2.18. The zero-order chi connectivity index (χ0) is 14.8. The van der Waals surface area contributed by atoms with Gasteiger partial charge < -0.3 is 4.90 Å². The molecule has 2 rings (SSSR count). The molecular weight excluding hydrogens is 296 g/mol. The average molecular weight is 317 g/mol. The van der Waals surface area contributed by atoms with Gasteiger partial charge in [0.05, 0.1) is 10.7 Å². The van der Waals surface area contributed by atoms with Crippen LogP contribution < -0.4 is 4.90 Å². The summed E-state index contributed by atoms with van der Waals surface area (Å²) in [5, 5.41) is 0.764. The molecule has 4 nitrogen and oxygen atoms in total. The highest BCUT2D eigenvalue weighted by Gasteiger charge is 2.22. The first-order chi connectivity index (χ1) is 9.41. The Morgan fingerprint density at radius 3 is 2.40 bits per heavy atom. The normalized spacial score (nSPS) is 17.4. The van der Waals surface area contributed by atoms with Crippen LogP contribution in [-0.2, 0) is 9.84 Å². The molecule has 0 spiro atoms. The molecule has 112 valence electrons. The first-order valence-electron chi connectivity index (χ1n) is 6.85. The molecule has 1 aromatic rings. The van der Waals surface area contributed by atoms with Gasteiger partial charge in [-0.3, -0.25) is 4.90 Å². The Morgan fingerprint density at radius 1 is 1.20 bits per heavy atom.